The van der Waals surface area contributed by atoms with Crippen molar-refractivity contribution >= 4 is 14.0 Å². The standard InChI is InChI=1S/C12H13FO2Si/c1-16(2,3)5-4-9-6-10(12(14)15)8-11(13)7-9/h6-8H,1-3H3,(H,14,15). The normalized spacial score (nSPS) is 10.5. The summed E-state index contributed by atoms with van der Waals surface area (Å²) in [6.07, 6.45) is 0. The Morgan fingerprint density at radius 3 is 2.44 bits per heavy atom. The molecule has 0 saturated heterocycles. The van der Waals surface area contributed by atoms with Crippen molar-refractivity contribution in [2.24, 2.45) is 0 Å². The van der Waals surface area contributed by atoms with Gasteiger partial charge in [0.2, 0.25) is 0 Å². The van der Waals surface area contributed by atoms with E-state index in [-0.39, 0.29) is 5.56 Å². The fraction of sp³-hybridized carbons (Fsp3) is 0.250. The van der Waals surface area contributed by atoms with Crippen LogP contribution in [0.25, 0.3) is 0 Å². The Hall–Kier alpha value is -1.60. The number of aromatic carboxylic acids is 1. The first-order valence-corrected chi connectivity index (χ1v) is 8.35. The molecular weight excluding hydrogens is 223 g/mol. The minimum absolute atomic E-state index is 0.0696. The van der Waals surface area contributed by atoms with Gasteiger partial charge in [-0.3, -0.25) is 0 Å². The molecule has 1 rings (SSSR count). The van der Waals surface area contributed by atoms with E-state index in [0.29, 0.717) is 5.56 Å². The molecule has 0 aliphatic carbocycles. The summed E-state index contributed by atoms with van der Waals surface area (Å²) in [6, 6.07) is 3.63. The molecule has 4 heteroatoms. The lowest BCUT2D eigenvalue weighted by atomic mass is 10.1. The molecule has 1 N–H and O–H groups in total. The first-order valence-electron chi connectivity index (χ1n) is 4.85. The smallest absolute Gasteiger partial charge is 0.335 e. The van der Waals surface area contributed by atoms with Crippen molar-refractivity contribution < 1.29 is 14.3 Å². The van der Waals surface area contributed by atoms with E-state index in [1.54, 1.807) is 0 Å². The lowest BCUT2D eigenvalue weighted by Crippen LogP contribution is -2.16. The van der Waals surface area contributed by atoms with Crippen molar-refractivity contribution in [1.29, 1.82) is 0 Å². The van der Waals surface area contributed by atoms with Crippen molar-refractivity contribution in [3.05, 3.63) is 35.1 Å². The van der Waals surface area contributed by atoms with Crippen molar-refractivity contribution in [3.8, 4) is 11.5 Å². The van der Waals surface area contributed by atoms with Crippen LogP contribution < -0.4 is 0 Å². The van der Waals surface area contributed by atoms with Gasteiger partial charge in [-0.15, -0.1) is 5.54 Å². The highest BCUT2D eigenvalue weighted by molar-refractivity contribution is 6.83. The van der Waals surface area contributed by atoms with Gasteiger partial charge in [0.05, 0.1) is 5.56 Å². The highest BCUT2D eigenvalue weighted by Crippen LogP contribution is 2.09. The highest BCUT2D eigenvalue weighted by atomic mass is 28.3. The summed E-state index contributed by atoms with van der Waals surface area (Å²) in [5.41, 5.74) is 3.41. The van der Waals surface area contributed by atoms with Crippen LogP contribution in [0.1, 0.15) is 15.9 Å². The fourth-order valence-corrected chi connectivity index (χ4v) is 1.56. The van der Waals surface area contributed by atoms with E-state index in [4.69, 9.17) is 5.11 Å². The second-order valence-corrected chi connectivity index (χ2v) is 9.28. The number of halogens is 1. The molecule has 0 spiro atoms. The van der Waals surface area contributed by atoms with E-state index < -0.39 is 19.9 Å². The van der Waals surface area contributed by atoms with Crippen LogP contribution in [0.15, 0.2) is 18.2 Å². The van der Waals surface area contributed by atoms with E-state index >= 15 is 0 Å². The molecule has 0 aromatic heterocycles. The van der Waals surface area contributed by atoms with Gasteiger partial charge in [0.25, 0.3) is 0 Å². The lowest BCUT2D eigenvalue weighted by molar-refractivity contribution is 0.0696. The zero-order valence-corrected chi connectivity index (χ0v) is 10.5. The van der Waals surface area contributed by atoms with Gasteiger partial charge in [0.1, 0.15) is 13.9 Å². The molecule has 0 radical (unpaired) electrons. The van der Waals surface area contributed by atoms with Gasteiger partial charge in [-0.25, -0.2) is 9.18 Å². The predicted molar refractivity (Wildman–Crippen MR) is 63.6 cm³/mol. The molecule has 2 nitrogen and oxygen atoms in total. The molecule has 0 atom stereocenters. The predicted octanol–water partition coefficient (Wildman–Crippen LogP) is 2.75. The SMILES string of the molecule is C[Si](C)(C)C#Cc1cc(F)cc(C(=O)O)c1. The maximum absolute atomic E-state index is 13.1. The Labute approximate surface area is 95.1 Å². The second kappa shape index (κ2) is 4.50. The topological polar surface area (TPSA) is 37.3 Å². The summed E-state index contributed by atoms with van der Waals surface area (Å²) in [7, 11) is -1.53. The summed E-state index contributed by atoms with van der Waals surface area (Å²) >= 11 is 0. The Bertz CT molecular complexity index is 478. The minimum atomic E-state index is -1.53. The number of carboxylic acid groups (broad SMARTS) is 1. The summed E-state index contributed by atoms with van der Waals surface area (Å²) in [5, 5.41) is 8.76. The Balaban J connectivity index is 3.14. The number of carbonyl (C=O) groups is 1. The molecule has 0 amide bonds. The molecule has 16 heavy (non-hydrogen) atoms. The average Bonchev–Trinajstić information content (AvgIpc) is 2.13. The number of rotatable bonds is 1. The van der Waals surface area contributed by atoms with E-state index in [9.17, 15) is 9.18 Å². The van der Waals surface area contributed by atoms with E-state index in [1.165, 1.54) is 12.1 Å². The van der Waals surface area contributed by atoms with Gasteiger partial charge in [-0.1, -0.05) is 25.6 Å². The molecule has 0 aliphatic heterocycles. The first-order chi connectivity index (χ1) is 7.28. The van der Waals surface area contributed by atoms with Crippen LogP contribution in [0, 0.1) is 17.3 Å². The number of carboxylic acids is 1. The van der Waals surface area contributed by atoms with Crippen molar-refractivity contribution in [2.75, 3.05) is 0 Å². The highest BCUT2D eigenvalue weighted by Gasteiger charge is 2.09. The van der Waals surface area contributed by atoms with E-state index in [1.807, 2.05) is 0 Å². The van der Waals surface area contributed by atoms with Crippen LogP contribution >= 0.6 is 0 Å². The van der Waals surface area contributed by atoms with Crippen LogP contribution in [0.3, 0.4) is 0 Å². The van der Waals surface area contributed by atoms with Gasteiger partial charge < -0.3 is 5.11 Å². The van der Waals surface area contributed by atoms with Gasteiger partial charge in [0, 0.05) is 5.56 Å². The van der Waals surface area contributed by atoms with Gasteiger partial charge >= 0.3 is 5.97 Å². The molecule has 0 aliphatic rings. The summed E-state index contributed by atoms with van der Waals surface area (Å²) < 4.78 is 13.1. The van der Waals surface area contributed by atoms with Crippen LogP contribution in [0.2, 0.25) is 19.6 Å². The molecular formula is C12H13FO2Si. The largest absolute Gasteiger partial charge is 0.478 e. The van der Waals surface area contributed by atoms with E-state index in [2.05, 4.69) is 31.1 Å². The summed E-state index contributed by atoms with van der Waals surface area (Å²) in [4.78, 5) is 10.7. The molecule has 0 bridgehead atoms. The monoisotopic (exact) mass is 236 g/mol. The minimum Gasteiger partial charge on any atom is -0.478 e. The Morgan fingerprint density at radius 1 is 1.31 bits per heavy atom. The molecule has 84 valence electrons. The second-order valence-electron chi connectivity index (χ2n) is 4.53. The zero-order valence-electron chi connectivity index (χ0n) is 9.47. The van der Waals surface area contributed by atoms with Gasteiger partial charge in [0.15, 0.2) is 0 Å². The first kappa shape index (κ1) is 12.5. The molecule has 0 heterocycles. The van der Waals surface area contributed by atoms with Crippen LogP contribution in [0.4, 0.5) is 4.39 Å². The fourth-order valence-electron chi connectivity index (χ4n) is 1.04. The summed E-state index contributed by atoms with van der Waals surface area (Å²) in [6.45, 7) is 6.20. The maximum Gasteiger partial charge on any atom is 0.335 e. The number of hydrogen-bond donors (Lipinski definition) is 1. The average molecular weight is 236 g/mol. The van der Waals surface area contributed by atoms with Crippen LogP contribution in [-0.2, 0) is 0 Å². The van der Waals surface area contributed by atoms with Crippen LogP contribution in [0.5, 0.6) is 0 Å². The van der Waals surface area contributed by atoms with Gasteiger partial charge in [-0.2, -0.15) is 0 Å². The number of benzene rings is 1. The Kier molecular flexibility index (Phi) is 3.50. The van der Waals surface area contributed by atoms with Crippen molar-refractivity contribution in [1.82, 2.24) is 0 Å². The maximum atomic E-state index is 13.1. The Morgan fingerprint density at radius 2 is 1.94 bits per heavy atom. The quantitative estimate of drug-likeness (QED) is 0.601. The number of hydrogen-bond acceptors (Lipinski definition) is 1. The molecule has 1 aromatic carbocycles. The van der Waals surface area contributed by atoms with Crippen molar-refractivity contribution in [3.63, 3.8) is 0 Å². The van der Waals surface area contributed by atoms with Gasteiger partial charge in [-0.05, 0) is 18.2 Å². The lowest BCUT2D eigenvalue weighted by Gasteiger charge is -2.03. The molecule has 0 saturated carbocycles. The third kappa shape index (κ3) is 3.87. The third-order valence-corrected chi connectivity index (χ3v) is 2.60. The molecule has 0 unspecified atom stereocenters. The molecule has 1 aromatic rings. The van der Waals surface area contributed by atoms with Crippen molar-refractivity contribution in [2.45, 2.75) is 19.6 Å². The summed E-state index contributed by atoms with van der Waals surface area (Å²) in [5.74, 6) is 1.12. The van der Waals surface area contributed by atoms with Crippen LogP contribution in [-0.4, -0.2) is 19.1 Å². The third-order valence-electron chi connectivity index (χ3n) is 1.73. The molecule has 0 fully saturated rings. The van der Waals surface area contributed by atoms with E-state index in [0.717, 1.165) is 6.07 Å². The zero-order chi connectivity index (χ0) is 12.3.